The normalized spacial score (nSPS) is 24.2. The van der Waals surface area contributed by atoms with E-state index < -0.39 is 19.8 Å². The quantitative estimate of drug-likeness (QED) is 0.773. The van der Waals surface area contributed by atoms with Gasteiger partial charge in [0.25, 0.3) is 0 Å². The SMILES string of the molecule is CC(C)S(=O)(=O)C1(C(=O)CC2CCCCC2)CC1. The summed E-state index contributed by atoms with van der Waals surface area (Å²) >= 11 is 0. The Labute approximate surface area is 110 Å². The molecule has 18 heavy (non-hydrogen) atoms. The number of carbonyl (C=O) groups excluding carboxylic acids is 1. The first-order valence-corrected chi connectivity index (χ1v) is 8.71. The van der Waals surface area contributed by atoms with E-state index in [-0.39, 0.29) is 5.78 Å². The van der Waals surface area contributed by atoms with E-state index in [2.05, 4.69) is 0 Å². The Balaban J connectivity index is 2.05. The smallest absolute Gasteiger partial charge is 0.165 e. The van der Waals surface area contributed by atoms with Crippen LogP contribution < -0.4 is 0 Å². The van der Waals surface area contributed by atoms with Crippen LogP contribution in [0.4, 0.5) is 0 Å². The third-order valence-corrected chi connectivity index (χ3v) is 7.54. The van der Waals surface area contributed by atoms with Gasteiger partial charge in [-0.2, -0.15) is 0 Å². The maximum Gasteiger partial charge on any atom is 0.165 e. The van der Waals surface area contributed by atoms with E-state index in [0.717, 1.165) is 12.8 Å². The summed E-state index contributed by atoms with van der Waals surface area (Å²) in [5.41, 5.74) is 0. The predicted octanol–water partition coefficient (Wildman–Crippen LogP) is 2.88. The minimum atomic E-state index is -3.26. The summed E-state index contributed by atoms with van der Waals surface area (Å²) in [5.74, 6) is 0.439. The molecule has 0 aromatic carbocycles. The van der Waals surface area contributed by atoms with Crippen LogP contribution in [0.3, 0.4) is 0 Å². The molecule has 0 aliphatic heterocycles. The second-order valence-corrected chi connectivity index (χ2v) is 9.03. The molecule has 0 N–H and O–H groups in total. The van der Waals surface area contributed by atoms with E-state index in [1.165, 1.54) is 19.3 Å². The fourth-order valence-electron chi connectivity index (χ4n) is 3.13. The van der Waals surface area contributed by atoms with Gasteiger partial charge < -0.3 is 0 Å². The van der Waals surface area contributed by atoms with Crippen molar-refractivity contribution in [1.82, 2.24) is 0 Å². The Morgan fingerprint density at radius 1 is 1.17 bits per heavy atom. The molecule has 2 aliphatic rings. The molecule has 2 aliphatic carbocycles. The lowest BCUT2D eigenvalue weighted by atomic mass is 9.85. The minimum Gasteiger partial charge on any atom is -0.298 e. The van der Waals surface area contributed by atoms with Crippen LogP contribution in [0.15, 0.2) is 0 Å². The number of sulfone groups is 1. The third-order valence-electron chi connectivity index (χ3n) is 4.58. The van der Waals surface area contributed by atoms with Crippen molar-refractivity contribution in [2.24, 2.45) is 5.92 Å². The molecule has 0 heterocycles. The summed E-state index contributed by atoms with van der Waals surface area (Å²) < 4.78 is 23.6. The molecule has 0 unspecified atom stereocenters. The van der Waals surface area contributed by atoms with Crippen molar-refractivity contribution in [3.8, 4) is 0 Å². The number of carbonyl (C=O) groups is 1. The van der Waals surface area contributed by atoms with Crippen LogP contribution in [-0.4, -0.2) is 24.2 Å². The van der Waals surface area contributed by atoms with Gasteiger partial charge in [-0.3, -0.25) is 4.79 Å². The summed E-state index contributed by atoms with van der Waals surface area (Å²) in [6.45, 7) is 3.37. The molecular formula is C14H24O3S. The van der Waals surface area contributed by atoms with Crippen LogP contribution in [-0.2, 0) is 14.6 Å². The molecule has 0 radical (unpaired) electrons. The first-order chi connectivity index (χ1) is 8.40. The molecule has 0 aromatic rings. The van der Waals surface area contributed by atoms with Gasteiger partial charge in [0.1, 0.15) is 4.75 Å². The Kier molecular flexibility index (Phi) is 3.86. The fourth-order valence-corrected chi connectivity index (χ4v) is 5.10. The van der Waals surface area contributed by atoms with Crippen molar-refractivity contribution >= 4 is 15.6 Å². The van der Waals surface area contributed by atoms with Gasteiger partial charge in [-0.1, -0.05) is 32.1 Å². The summed E-state index contributed by atoms with van der Waals surface area (Å²) in [5, 5.41) is -0.435. The zero-order chi connectivity index (χ0) is 13.4. The van der Waals surface area contributed by atoms with Crippen LogP contribution in [0.25, 0.3) is 0 Å². The van der Waals surface area contributed by atoms with Crippen LogP contribution in [0.2, 0.25) is 0 Å². The van der Waals surface area contributed by atoms with E-state index in [4.69, 9.17) is 0 Å². The highest BCUT2D eigenvalue weighted by atomic mass is 32.2. The summed E-state index contributed by atoms with van der Waals surface area (Å²) in [7, 11) is -3.26. The molecule has 2 rings (SSSR count). The maximum atomic E-state index is 12.4. The second kappa shape index (κ2) is 4.95. The first kappa shape index (κ1) is 14.0. The zero-order valence-corrected chi connectivity index (χ0v) is 12.3. The van der Waals surface area contributed by atoms with Crippen LogP contribution in [0.5, 0.6) is 0 Å². The molecular weight excluding hydrogens is 248 g/mol. The average Bonchev–Trinajstić information content (AvgIpc) is 3.11. The topological polar surface area (TPSA) is 51.2 Å². The molecule has 0 bridgehead atoms. The fraction of sp³-hybridized carbons (Fsp3) is 0.929. The number of ketones is 1. The highest BCUT2D eigenvalue weighted by Gasteiger charge is 2.60. The molecule has 0 amide bonds. The molecule has 0 atom stereocenters. The van der Waals surface area contributed by atoms with Crippen molar-refractivity contribution in [3.63, 3.8) is 0 Å². The van der Waals surface area contributed by atoms with Gasteiger partial charge in [0, 0.05) is 6.42 Å². The van der Waals surface area contributed by atoms with Gasteiger partial charge in [0.05, 0.1) is 5.25 Å². The van der Waals surface area contributed by atoms with Crippen molar-refractivity contribution in [2.45, 2.75) is 75.2 Å². The van der Waals surface area contributed by atoms with Gasteiger partial charge in [-0.15, -0.1) is 0 Å². The lowest BCUT2D eigenvalue weighted by Crippen LogP contribution is -2.38. The molecule has 2 fully saturated rings. The second-order valence-electron chi connectivity index (χ2n) is 6.22. The molecule has 0 saturated heterocycles. The molecule has 3 nitrogen and oxygen atoms in total. The van der Waals surface area contributed by atoms with Crippen molar-refractivity contribution in [1.29, 1.82) is 0 Å². The Bertz CT molecular complexity index is 412. The van der Waals surface area contributed by atoms with E-state index in [9.17, 15) is 13.2 Å². The molecule has 0 aromatic heterocycles. The number of hydrogen-bond acceptors (Lipinski definition) is 3. The Hall–Kier alpha value is -0.380. The summed E-state index contributed by atoms with van der Waals surface area (Å²) in [6.07, 6.45) is 7.46. The van der Waals surface area contributed by atoms with Gasteiger partial charge in [0.15, 0.2) is 15.6 Å². The van der Waals surface area contributed by atoms with Crippen molar-refractivity contribution in [3.05, 3.63) is 0 Å². The molecule has 2 saturated carbocycles. The van der Waals surface area contributed by atoms with E-state index in [1.54, 1.807) is 13.8 Å². The lowest BCUT2D eigenvalue weighted by Gasteiger charge is -2.24. The van der Waals surface area contributed by atoms with Crippen molar-refractivity contribution in [2.75, 3.05) is 0 Å². The highest BCUT2D eigenvalue weighted by molar-refractivity contribution is 7.94. The Morgan fingerprint density at radius 2 is 1.72 bits per heavy atom. The van der Waals surface area contributed by atoms with Gasteiger partial charge >= 0.3 is 0 Å². The highest BCUT2D eigenvalue weighted by Crippen LogP contribution is 2.48. The standard InChI is InChI=1S/C14H24O3S/c1-11(2)18(16,17)14(8-9-14)13(15)10-12-6-4-3-5-7-12/h11-12H,3-10H2,1-2H3. The van der Waals surface area contributed by atoms with Crippen LogP contribution in [0.1, 0.15) is 65.2 Å². The minimum absolute atomic E-state index is 0.00287. The van der Waals surface area contributed by atoms with Crippen LogP contribution in [0, 0.1) is 5.92 Å². The largest absolute Gasteiger partial charge is 0.298 e. The number of hydrogen-bond donors (Lipinski definition) is 0. The maximum absolute atomic E-state index is 12.4. The van der Waals surface area contributed by atoms with Crippen LogP contribution >= 0.6 is 0 Å². The van der Waals surface area contributed by atoms with E-state index >= 15 is 0 Å². The molecule has 0 spiro atoms. The lowest BCUT2D eigenvalue weighted by molar-refractivity contribution is -0.120. The summed E-state index contributed by atoms with van der Waals surface area (Å²) in [6, 6.07) is 0. The number of rotatable bonds is 5. The number of Topliss-reactive ketones (excluding diaryl/α,β-unsaturated/α-hetero) is 1. The van der Waals surface area contributed by atoms with E-state index in [0.29, 0.717) is 25.2 Å². The Morgan fingerprint density at radius 3 is 2.17 bits per heavy atom. The third kappa shape index (κ3) is 2.36. The zero-order valence-electron chi connectivity index (χ0n) is 11.4. The first-order valence-electron chi connectivity index (χ1n) is 7.17. The van der Waals surface area contributed by atoms with Gasteiger partial charge in [0.2, 0.25) is 0 Å². The van der Waals surface area contributed by atoms with Crippen molar-refractivity contribution < 1.29 is 13.2 Å². The molecule has 104 valence electrons. The average molecular weight is 272 g/mol. The molecule has 4 heteroatoms. The summed E-state index contributed by atoms with van der Waals surface area (Å²) in [4.78, 5) is 12.4. The van der Waals surface area contributed by atoms with Gasteiger partial charge in [-0.05, 0) is 32.6 Å². The van der Waals surface area contributed by atoms with E-state index in [1.807, 2.05) is 0 Å². The monoisotopic (exact) mass is 272 g/mol. The van der Waals surface area contributed by atoms with Gasteiger partial charge in [-0.25, -0.2) is 8.42 Å². The predicted molar refractivity (Wildman–Crippen MR) is 72.2 cm³/mol.